The van der Waals surface area contributed by atoms with Crippen molar-refractivity contribution in [1.29, 1.82) is 0 Å². The molecular weight excluding hydrogens is 432 g/mol. The van der Waals surface area contributed by atoms with Crippen molar-refractivity contribution in [2.24, 2.45) is 0 Å². The summed E-state index contributed by atoms with van der Waals surface area (Å²) in [6.45, 7) is 3.83. The third kappa shape index (κ3) is 4.99. The number of rotatable bonds is 7. The molecule has 2 N–H and O–H groups in total. The zero-order valence-corrected chi connectivity index (χ0v) is 18.1. The molecule has 0 bridgehead atoms. The van der Waals surface area contributed by atoms with Crippen molar-refractivity contribution >= 4 is 44.0 Å². The molecule has 3 rings (SSSR count). The van der Waals surface area contributed by atoms with Crippen LogP contribution in [0, 0.1) is 6.92 Å². The monoisotopic (exact) mass is 450 g/mol. The second-order valence-electron chi connectivity index (χ2n) is 6.25. The van der Waals surface area contributed by atoms with E-state index in [2.05, 4.69) is 20.2 Å². The smallest absolute Gasteiger partial charge is 0.270 e. The van der Waals surface area contributed by atoms with Crippen molar-refractivity contribution in [2.75, 3.05) is 5.32 Å². The van der Waals surface area contributed by atoms with Crippen molar-refractivity contribution in [3.8, 4) is 0 Å². The minimum absolute atomic E-state index is 0.0687. The summed E-state index contributed by atoms with van der Waals surface area (Å²) in [6.07, 6.45) is 0.568. The maximum Gasteiger partial charge on any atom is 0.270 e. The predicted octanol–water partition coefficient (Wildman–Crippen LogP) is 4.18. The Hall–Kier alpha value is -2.33. The quantitative estimate of drug-likeness (QED) is 0.526. The van der Waals surface area contributed by atoms with Gasteiger partial charge in [0.2, 0.25) is 9.47 Å². The molecule has 1 heterocycles. The van der Waals surface area contributed by atoms with E-state index >= 15 is 0 Å². The fourth-order valence-corrected chi connectivity index (χ4v) is 5.19. The molecule has 0 radical (unpaired) electrons. The molecule has 0 unspecified atom stereocenters. The normalized spacial score (nSPS) is 12.5. The van der Waals surface area contributed by atoms with Gasteiger partial charge in [-0.2, -0.15) is 0 Å². The van der Waals surface area contributed by atoms with Gasteiger partial charge >= 0.3 is 0 Å². The topological polar surface area (TPSA) is 101 Å². The molecule has 7 nitrogen and oxygen atoms in total. The summed E-state index contributed by atoms with van der Waals surface area (Å²) in [4.78, 5) is 12.3. The van der Waals surface area contributed by atoms with Crippen LogP contribution in [0.25, 0.3) is 0 Å². The number of aryl methyl sites for hydroxylation is 1. The molecule has 0 saturated carbocycles. The van der Waals surface area contributed by atoms with E-state index in [1.54, 1.807) is 24.3 Å². The van der Waals surface area contributed by atoms with E-state index in [0.29, 0.717) is 6.42 Å². The standard InChI is InChI=1S/C19H19ClN4O3S2/c1-3-16(13-9-5-4-8-12(13)2)24-29(26,27)19-23-22-18(28-19)21-17(25)14-10-6-7-11-15(14)20/h4-11,16,24H,3H2,1-2H3,(H,21,22,25)/t16-/m0/s1. The maximum atomic E-state index is 12.8. The predicted molar refractivity (Wildman–Crippen MR) is 114 cm³/mol. The largest absolute Gasteiger partial charge is 0.296 e. The van der Waals surface area contributed by atoms with Gasteiger partial charge in [-0.3, -0.25) is 10.1 Å². The second-order valence-corrected chi connectivity index (χ2v) is 9.52. The van der Waals surface area contributed by atoms with Crippen molar-refractivity contribution < 1.29 is 13.2 Å². The van der Waals surface area contributed by atoms with Crippen LogP contribution in [0.4, 0.5) is 5.13 Å². The number of benzene rings is 2. The summed E-state index contributed by atoms with van der Waals surface area (Å²) in [5.74, 6) is -0.491. The molecule has 2 aromatic carbocycles. The third-order valence-corrected chi connectivity index (χ3v) is 7.25. The van der Waals surface area contributed by atoms with E-state index in [1.165, 1.54) is 0 Å². The zero-order valence-electron chi connectivity index (χ0n) is 15.7. The summed E-state index contributed by atoms with van der Waals surface area (Å²) in [5.41, 5.74) is 2.15. The zero-order chi connectivity index (χ0) is 21.0. The first-order valence-corrected chi connectivity index (χ1v) is 11.5. The molecule has 152 valence electrons. The van der Waals surface area contributed by atoms with Gasteiger partial charge in [0, 0.05) is 6.04 Å². The third-order valence-electron chi connectivity index (χ3n) is 4.24. The van der Waals surface area contributed by atoms with Gasteiger partial charge in [-0.05, 0) is 36.6 Å². The van der Waals surface area contributed by atoms with Crippen LogP contribution in [0.2, 0.25) is 5.02 Å². The molecule has 0 aliphatic carbocycles. The summed E-state index contributed by atoms with van der Waals surface area (Å²) >= 11 is 6.78. The first kappa shape index (κ1) is 21.4. The van der Waals surface area contributed by atoms with E-state index < -0.39 is 22.0 Å². The minimum Gasteiger partial charge on any atom is -0.296 e. The molecule has 0 fully saturated rings. The molecule has 1 aromatic heterocycles. The highest BCUT2D eigenvalue weighted by Crippen LogP contribution is 2.26. The van der Waals surface area contributed by atoms with Crippen LogP contribution in [-0.2, 0) is 10.0 Å². The number of hydrogen-bond acceptors (Lipinski definition) is 6. The number of nitrogens with one attached hydrogen (secondary N) is 2. The van der Waals surface area contributed by atoms with Gasteiger partial charge in [0.15, 0.2) is 0 Å². The van der Waals surface area contributed by atoms with Crippen LogP contribution >= 0.6 is 22.9 Å². The molecule has 29 heavy (non-hydrogen) atoms. The number of carbonyl (C=O) groups is 1. The molecular formula is C19H19ClN4O3S2. The lowest BCUT2D eigenvalue weighted by atomic mass is 10.0. The lowest BCUT2D eigenvalue weighted by Gasteiger charge is -2.18. The van der Waals surface area contributed by atoms with Crippen LogP contribution < -0.4 is 10.0 Å². The highest BCUT2D eigenvalue weighted by atomic mass is 35.5. The van der Waals surface area contributed by atoms with Gasteiger partial charge in [-0.15, -0.1) is 10.2 Å². The van der Waals surface area contributed by atoms with Crippen LogP contribution in [0.15, 0.2) is 52.9 Å². The fourth-order valence-electron chi connectivity index (χ4n) is 2.76. The Balaban J connectivity index is 1.77. The van der Waals surface area contributed by atoms with Gasteiger partial charge in [0.1, 0.15) is 0 Å². The van der Waals surface area contributed by atoms with E-state index in [-0.39, 0.29) is 20.1 Å². The average Bonchev–Trinajstić information content (AvgIpc) is 3.16. The first-order valence-electron chi connectivity index (χ1n) is 8.79. The molecule has 0 saturated heterocycles. The maximum absolute atomic E-state index is 12.8. The Morgan fingerprint density at radius 1 is 1.14 bits per heavy atom. The van der Waals surface area contributed by atoms with Gasteiger partial charge in [-0.1, -0.05) is 66.3 Å². The Morgan fingerprint density at radius 3 is 2.52 bits per heavy atom. The van der Waals surface area contributed by atoms with Crippen molar-refractivity contribution in [2.45, 2.75) is 30.6 Å². The molecule has 1 amide bonds. The second kappa shape index (κ2) is 9.00. The highest BCUT2D eigenvalue weighted by Gasteiger charge is 2.25. The number of amides is 1. The molecule has 0 aliphatic rings. The van der Waals surface area contributed by atoms with E-state index in [1.807, 2.05) is 38.1 Å². The van der Waals surface area contributed by atoms with Crippen LogP contribution in [0.1, 0.15) is 40.9 Å². The van der Waals surface area contributed by atoms with E-state index in [9.17, 15) is 13.2 Å². The van der Waals surface area contributed by atoms with Crippen LogP contribution in [-0.4, -0.2) is 24.5 Å². The summed E-state index contributed by atoms with van der Waals surface area (Å²) < 4.78 is 28.0. The van der Waals surface area contributed by atoms with Gasteiger partial charge in [0.25, 0.3) is 15.9 Å². The Labute approximate surface area is 178 Å². The van der Waals surface area contributed by atoms with Crippen molar-refractivity contribution in [3.63, 3.8) is 0 Å². The average molecular weight is 451 g/mol. The first-order chi connectivity index (χ1) is 13.8. The molecule has 0 aliphatic heterocycles. The number of sulfonamides is 1. The molecule has 10 heteroatoms. The lowest BCUT2D eigenvalue weighted by molar-refractivity contribution is 0.102. The molecule has 0 spiro atoms. The summed E-state index contributed by atoms with van der Waals surface area (Å²) in [7, 11) is -3.91. The molecule has 1 atom stereocenters. The van der Waals surface area contributed by atoms with Gasteiger partial charge in [-0.25, -0.2) is 13.1 Å². The van der Waals surface area contributed by atoms with E-state index in [0.717, 1.165) is 22.5 Å². The Morgan fingerprint density at radius 2 is 1.83 bits per heavy atom. The summed E-state index contributed by atoms with van der Waals surface area (Å²) in [5, 5.41) is 10.4. The number of nitrogens with zero attached hydrogens (tertiary/aromatic N) is 2. The number of carbonyl (C=O) groups excluding carboxylic acids is 1. The molecule has 3 aromatic rings. The summed E-state index contributed by atoms with van der Waals surface area (Å²) in [6, 6.07) is 13.7. The fraction of sp³-hybridized carbons (Fsp3) is 0.211. The van der Waals surface area contributed by atoms with Gasteiger partial charge < -0.3 is 0 Å². The SMILES string of the molecule is CC[C@H](NS(=O)(=O)c1nnc(NC(=O)c2ccccc2Cl)s1)c1ccccc1C. The lowest BCUT2D eigenvalue weighted by Crippen LogP contribution is -2.28. The minimum atomic E-state index is -3.91. The number of hydrogen-bond donors (Lipinski definition) is 2. The van der Waals surface area contributed by atoms with Crippen molar-refractivity contribution in [3.05, 3.63) is 70.2 Å². The van der Waals surface area contributed by atoms with Crippen LogP contribution in [0.3, 0.4) is 0 Å². The number of anilines is 1. The van der Waals surface area contributed by atoms with E-state index in [4.69, 9.17) is 11.6 Å². The number of aromatic nitrogens is 2. The van der Waals surface area contributed by atoms with Crippen LogP contribution in [0.5, 0.6) is 0 Å². The highest BCUT2D eigenvalue weighted by molar-refractivity contribution is 7.91. The number of halogens is 1. The van der Waals surface area contributed by atoms with Crippen molar-refractivity contribution in [1.82, 2.24) is 14.9 Å². The Kier molecular flexibility index (Phi) is 6.63. The van der Waals surface area contributed by atoms with Gasteiger partial charge in [0.05, 0.1) is 10.6 Å². The Bertz CT molecular complexity index is 1130.